The van der Waals surface area contributed by atoms with E-state index in [0.717, 1.165) is 25.2 Å². The smallest absolute Gasteiger partial charge is 0.0679 e. The number of nitrogens with zero attached hydrogens (tertiary/aromatic N) is 1. The van der Waals surface area contributed by atoms with Crippen LogP contribution in [0.25, 0.3) is 0 Å². The number of aliphatic hydroxyl groups excluding tert-OH is 1. The van der Waals surface area contributed by atoms with Crippen molar-refractivity contribution in [3.05, 3.63) is 29.8 Å². The summed E-state index contributed by atoms with van der Waals surface area (Å²) in [4.78, 5) is 2.29. The average Bonchev–Trinajstić information content (AvgIpc) is 2.64. The molecule has 1 fully saturated rings. The van der Waals surface area contributed by atoms with E-state index in [1.54, 1.807) is 0 Å². The van der Waals surface area contributed by atoms with E-state index in [-0.39, 0.29) is 6.10 Å². The molecule has 3 nitrogen and oxygen atoms in total. The zero-order chi connectivity index (χ0) is 10.8. The summed E-state index contributed by atoms with van der Waals surface area (Å²) in [5, 5.41) is 9.48. The molecule has 0 radical (unpaired) electrons. The Morgan fingerprint density at radius 1 is 1.53 bits per heavy atom. The zero-order valence-corrected chi connectivity index (χ0v) is 9.06. The maximum Gasteiger partial charge on any atom is 0.0679 e. The van der Waals surface area contributed by atoms with Crippen LogP contribution in [0.5, 0.6) is 0 Å². The van der Waals surface area contributed by atoms with E-state index in [4.69, 9.17) is 5.73 Å². The molecule has 1 aliphatic rings. The molecule has 15 heavy (non-hydrogen) atoms. The Hall–Kier alpha value is -1.06. The fourth-order valence-corrected chi connectivity index (χ4v) is 2.15. The number of aliphatic hydroxyl groups is 1. The molecular weight excluding hydrogens is 188 g/mol. The quantitative estimate of drug-likeness (QED) is 0.719. The molecule has 2 atom stereocenters. The molecule has 0 bridgehead atoms. The zero-order valence-electron chi connectivity index (χ0n) is 9.06. The van der Waals surface area contributed by atoms with Gasteiger partial charge in [0.1, 0.15) is 0 Å². The number of nitrogens with two attached hydrogens (primary N) is 1. The van der Waals surface area contributed by atoms with Crippen molar-refractivity contribution in [3.63, 3.8) is 0 Å². The van der Waals surface area contributed by atoms with Crippen LogP contribution in [0.15, 0.2) is 24.3 Å². The second-order valence-corrected chi connectivity index (χ2v) is 4.28. The lowest BCUT2D eigenvalue weighted by Crippen LogP contribution is -2.25. The van der Waals surface area contributed by atoms with Crippen molar-refractivity contribution in [2.45, 2.75) is 25.5 Å². The maximum atomic E-state index is 9.48. The Bertz CT molecular complexity index is 340. The van der Waals surface area contributed by atoms with Crippen molar-refractivity contribution in [3.8, 4) is 0 Å². The minimum absolute atomic E-state index is 0.159. The number of hydrogen-bond donors (Lipinski definition) is 2. The number of β-amino-alcohol motifs (C(OH)–C–C–N with tert-alkyl or cyclic N) is 1. The van der Waals surface area contributed by atoms with Gasteiger partial charge in [0.15, 0.2) is 0 Å². The van der Waals surface area contributed by atoms with Gasteiger partial charge in [0.05, 0.1) is 6.10 Å². The van der Waals surface area contributed by atoms with Gasteiger partial charge in [-0.1, -0.05) is 12.1 Å². The van der Waals surface area contributed by atoms with Gasteiger partial charge >= 0.3 is 0 Å². The molecule has 82 valence electrons. The van der Waals surface area contributed by atoms with Crippen LogP contribution in [-0.4, -0.2) is 29.2 Å². The van der Waals surface area contributed by atoms with Gasteiger partial charge in [0, 0.05) is 24.8 Å². The Labute approximate surface area is 90.5 Å². The monoisotopic (exact) mass is 206 g/mol. The van der Waals surface area contributed by atoms with E-state index in [1.807, 2.05) is 18.2 Å². The van der Waals surface area contributed by atoms with Crippen molar-refractivity contribution < 1.29 is 5.11 Å². The van der Waals surface area contributed by atoms with Crippen LogP contribution < -0.4 is 5.73 Å². The average molecular weight is 206 g/mol. The fraction of sp³-hybridized carbons (Fsp3) is 0.500. The first-order valence-corrected chi connectivity index (χ1v) is 5.44. The molecule has 1 heterocycles. The van der Waals surface area contributed by atoms with Crippen LogP contribution in [0.4, 0.5) is 5.69 Å². The van der Waals surface area contributed by atoms with Crippen molar-refractivity contribution in [2.75, 3.05) is 18.8 Å². The van der Waals surface area contributed by atoms with Crippen LogP contribution in [0.1, 0.15) is 24.9 Å². The third-order valence-electron chi connectivity index (χ3n) is 3.14. The minimum atomic E-state index is -0.159. The van der Waals surface area contributed by atoms with Crippen molar-refractivity contribution in [2.24, 2.45) is 0 Å². The predicted molar refractivity (Wildman–Crippen MR) is 61.5 cm³/mol. The van der Waals surface area contributed by atoms with E-state index >= 15 is 0 Å². The Kier molecular flexibility index (Phi) is 2.93. The van der Waals surface area contributed by atoms with Crippen molar-refractivity contribution >= 4 is 5.69 Å². The van der Waals surface area contributed by atoms with E-state index in [1.165, 1.54) is 5.56 Å². The summed E-state index contributed by atoms with van der Waals surface area (Å²) < 4.78 is 0. The maximum absolute atomic E-state index is 9.48. The Morgan fingerprint density at radius 2 is 2.33 bits per heavy atom. The first kappa shape index (κ1) is 10.5. The van der Waals surface area contributed by atoms with E-state index in [0.29, 0.717) is 6.04 Å². The molecule has 0 amide bonds. The summed E-state index contributed by atoms with van der Waals surface area (Å²) in [6.07, 6.45) is 0.723. The Balaban J connectivity index is 2.10. The van der Waals surface area contributed by atoms with Gasteiger partial charge in [-0.15, -0.1) is 0 Å². The first-order valence-electron chi connectivity index (χ1n) is 5.44. The van der Waals surface area contributed by atoms with Crippen LogP contribution in [0, 0.1) is 0 Å². The van der Waals surface area contributed by atoms with Gasteiger partial charge in [-0.25, -0.2) is 0 Å². The summed E-state index contributed by atoms with van der Waals surface area (Å²) in [6, 6.07) is 8.31. The topological polar surface area (TPSA) is 49.5 Å². The summed E-state index contributed by atoms with van der Waals surface area (Å²) in [5.74, 6) is 0. The van der Waals surface area contributed by atoms with Gasteiger partial charge in [-0.2, -0.15) is 0 Å². The van der Waals surface area contributed by atoms with E-state index in [9.17, 15) is 5.11 Å². The number of likely N-dealkylation sites (tertiary alicyclic amines) is 1. The molecule has 3 heteroatoms. The summed E-state index contributed by atoms with van der Waals surface area (Å²) in [6.45, 7) is 3.90. The lowest BCUT2D eigenvalue weighted by Gasteiger charge is -2.24. The van der Waals surface area contributed by atoms with Gasteiger partial charge in [0.2, 0.25) is 0 Å². The fourth-order valence-electron chi connectivity index (χ4n) is 2.15. The molecule has 0 aliphatic carbocycles. The van der Waals surface area contributed by atoms with Gasteiger partial charge in [-0.3, -0.25) is 4.90 Å². The number of anilines is 1. The van der Waals surface area contributed by atoms with Crippen LogP contribution in [0.3, 0.4) is 0 Å². The third-order valence-corrected chi connectivity index (χ3v) is 3.14. The van der Waals surface area contributed by atoms with E-state index < -0.39 is 0 Å². The first-order chi connectivity index (χ1) is 7.16. The highest BCUT2D eigenvalue weighted by molar-refractivity contribution is 5.41. The van der Waals surface area contributed by atoms with Gasteiger partial charge in [-0.05, 0) is 31.0 Å². The van der Waals surface area contributed by atoms with Crippen LogP contribution in [-0.2, 0) is 0 Å². The van der Waals surface area contributed by atoms with E-state index in [2.05, 4.69) is 17.9 Å². The number of benzene rings is 1. The molecule has 3 N–H and O–H groups in total. The summed E-state index contributed by atoms with van der Waals surface area (Å²) in [5.41, 5.74) is 7.79. The predicted octanol–water partition coefficient (Wildman–Crippen LogP) is 1.40. The second kappa shape index (κ2) is 4.21. The molecular formula is C12H18N2O. The number of rotatable bonds is 2. The van der Waals surface area contributed by atoms with Crippen LogP contribution >= 0.6 is 0 Å². The van der Waals surface area contributed by atoms with Gasteiger partial charge < -0.3 is 10.8 Å². The van der Waals surface area contributed by atoms with Crippen molar-refractivity contribution in [1.82, 2.24) is 4.90 Å². The molecule has 2 unspecified atom stereocenters. The lowest BCUT2D eigenvalue weighted by atomic mass is 10.1. The largest absolute Gasteiger partial charge is 0.399 e. The van der Waals surface area contributed by atoms with Gasteiger partial charge in [0.25, 0.3) is 0 Å². The molecule has 1 saturated heterocycles. The standard InChI is InChI=1S/C12H18N2O/c1-9(14-6-5-12(15)8-14)10-3-2-4-11(13)7-10/h2-4,7,9,12,15H,5-6,8,13H2,1H3. The molecule has 0 saturated carbocycles. The SMILES string of the molecule is CC(c1cccc(N)c1)N1CCC(O)C1. The minimum Gasteiger partial charge on any atom is -0.399 e. The lowest BCUT2D eigenvalue weighted by molar-refractivity contribution is 0.163. The molecule has 1 aromatic carbocycles. The molecule has 1 aliphatic heterocycles. The third kappa shape index (κ3) is 2.30. The molecule has 1 aromatic rings. The number of hydrogen-bond acceptors (Lipinski definition) is 3. The Morgan fingerprint density at radius 3 is 2.93 bits per heavy atom. The number of nitrogen functional groups attached to an aromatic ring is 1. The second-order valence-electron chi connectivity index (χ2n) is 4.28. The highest BCUT2D eigenvalue weighted by Crippen LogP contribution is 2.25. The van der Waals surface area contributed by atoms with Crippen molar-refractivity contribution in [1.29, 1.82) is 0 Å². The summed E-state index contributed by atoms with van der Waals surface area (Å²) in [7, 11) is 0. The highest BCUT2D eigenvalue weighted by Gasteiger charge is 2.24. The van der Waals surface area contributed by atoms with Crippen LogP contribution in [0.2, 0.25) is 0 Å². The highest BCUT2D eigenvalue weighted by atomic mass is 16.3. The summed E-state index contributed by atoms with van der Waals surface area (Å²) >= 11 is 0. The normalized spacial score (nSPS) is 24.3. The molecule has 2 rings (SSSR count). The molecule has 0 spiro atoms. The molecule has 0 aromatic heterocycles.